The molecule has 11 heteroatoms. The molecule has 2 heterocycles. The molecule has 0 spiro atoms. The Morgan fingerprint density at radius 3 is 2.62 bits per heavy atom. The van der Waals surface area contributed by atoms with Crippen molar-refractivity contribution in [2.45, 2.75) is 44.3 Å². The van der Waals surface area contributed by atoms with Crippen LogP contribution in [0.25, 0.3) is 10.9 Å². The zero-order valence-corrected chi connectivity index (χ0v) is 20.8. The van der Waals surface area contributed by atoms with Gasteiger partial charge in [-0.05, 0) is 24.5 Å². The highest BCUT2D eigenvalue weighted by molar-refractivity contribution is 7.80. The highest BCUT2D eigenvalue weighted by Gasteiger charge is 2.37. The Balaban J connectivity index is 1.71. The molecule has 1 aliphatic rings. The first kappa shape index (κ1) is 26.0. The van der Waals surface area contributed by atoms with E-state index in [2.05, 4.69) is 46.2 Å². The number of H-pyrrole nitrogens is 1. The molecule has 3 atom stereocenters. The van der Waals surface area contributed by atoms with E-state index in [1.807, 2.05) is 30.5 Å². The van der Waals surface area contributed by atoms with Gasteiger partial charge < -0.3 is 25.8 Å². The topological polar surface area (TPSA) is 123 Å². The molecule has 1 aromatic heterocycles. The lowest BCUT2D eigenvalue weighted by atomic mass is 10.0. The lowest BCUT2D eigenvalue weighted by molar-refractivity contribution is -0.141. The molecule has 1 aromatic carbocycles. The molecule has 1 saturated heterocycles. The molecule has 0 unspecified atom stereocenters. The van der Waals surface area contributed by atoms with Gasteiger partial charge in [0.05, 0.1) is 0 Å². The number of hydrogen-bond acceptors (Lipinski definition) is 6. The number of fused-ring (bicyclic) bond motifs is 1. The molecule has 4 amide bonds. The zero-order valence-electron chi connectivity index (χ0n) is 19.0. The van der Waals surface area contributed by atoms with Crippen molar-refractivity contribution in [3.63, 3.8) is 0 Å². The summed E-state index contributed by atoms with van der Waals surface area (Å²) in [5.41, 5.74) is 1.80. The van der Waals surface area contributed by atoms with Crippen molar-refractivity contribution < 1.29 is 19.2 Å². The quantitative estimate of drug-likeness (QED) is 0.266. The molecule has 1 fully saturated rings. The summed E-state index contributed by atoms with van der Waals surface area (Å²) in [4.78, 5) is 55.3. The number of thiol groups is 2. The van der Waals surface area contributed by atoms with Crippen LogP contribution in [-0.2, 0) is 25.6 Å². The number of nitrogens with one attached hydrogen (secondary N) is 4. The lowest BCUT2D eigenvalue weighted by Gasteiger charge is -2.29. The van der Waals surface area contributed by atoms with Crippen LogP contribution in [0.1, 0.15) is 25.3 Å². The molecule has 0 saturated carbocycles. The number of carbonyl (C=O) groups excluding carboxylic acids is 4. The summed E-state index contributed by atoms with van der Waals surface area (Å²) < 4.78 is 0. The number of likely N-dealkylation sites (tertiary alicyclic amines) is 1. The minimum Gasteiger partial charge on any atom is -0.361 e. The van der Waals surface area contributed by atoms with Crippen LogP contribution < -0.4 is 16.0 Å². The average Bonchev–Trinajstić information content (AvgIpc) is 3.47. The Labute approximate surface area is 209 Å². The van der Waals surface area contributed by atoms with Crippen LogP contribution >= 0.6 is 25.3 Å². The van der Waals surface area contributed by atoms with Gasteiger partial charge in [0.15, 0.2) is 0 Å². The van der Waals surface area contributed by atoms with Crippen LogP contribution in [0.3, 0.4) is 0 Å². The third kappa shape index (κ3) is 6.26. The number of carbonyl (C=O) groups is 4. The molecular weight excluding hydrogens is 474 g/mol. The molecule has 184 valence electrons. The Kier molecular flexibility index (Phi) is 9.28. The fourth-order valence-electron chi connectivity index (χ4n) is 4.23. The van der Waals surface area contributed by atoms with Gasteiger partial charge in [-0.25, -0.2) is 0 Å². The van der Waals surface area contributed by atoms with E-state index in [1.165, 1.54) is 11.8 Å². The maximum atomic E-state index is 13.2. The van der Waals surface area contributed by atoms with E-state index in [4.69, 9.17) is 0 Å². The second kappa shape index (κ2) is 12.2. The standard InChI is InChI=1S/C23H31N5O4S2/c1-14(29)26-18(11-15-12-25-17-6-3-2-5-16(15)17)21(30)27-19(13-34)23(32)28-9-4-7-20(28)22(31)24-8-10-33/h2-3,5-6,12,18-20,25,33-34H,4,7-11,13H2,1H3,(H,24,31)(H,26,29)(H,27,30)/t18-,19-,20-/m0/s1. The van der Waals surface area contributed by atoms with Crippen molar-refractivity contribution >= 4 is 59.8 Å². The van der Waals surface area contributed by atoms with Gasteiger partial charge in [-0.1, -0.05) is 18.2 Å². The third-order valence-electron chi connectivity index (χ3n) is 5.84. The molecule has 9 nitrogen and oxygen atoms in total. The van der Waals surface area contributed by atoms with Gasteiger partial charge >= 0.3 is 0 Å². The number of benzene rings is 1. The van der Waals surface area contributed by atoms with Gasteiger partial charge in [0.2, 0.25) is 23.6 Å². The first-order valence-corrected chi connectivity index (χ1v) is 12.5. The normalized spacial score (nSPS) is 17.3. The molecule has 0 radical (unpaired) electrons. The summed E-state index contributed by atoms with van der Waals surface area (Å²) in [5, 5.41) is 9.15. The van der Waals surface area contributed by atoms with E-state index >= 15 is 0 Å². The largest absolute Gasteiger partial charge is 0.361 e. The monoisotopic (exact) mass is 505 g/mol. The van der Waals surface area contributed by atoms with Crippen molar-refractivity contribution in [1.82, 2.24) is 25.8 Å². The molecule has 3 rings (SSSR count). The number of para-hydroxylation sites is 1. The number of nitrogens with zero attached hydrogens (tertiary/aromatic N) is 1. The van der Waals surface area contributed by atoms with Gasteiger partial charge in [0.1, 0.15) is 18.1 Å². The smallest absolute Gasteiger partial charge is 0.246 e. The molecule has 34 heavy (non-hydrogen) atoms. The van der Waals surface area contributed by atoms with E-state index in [1.54, 1.807) is 0 Å². The van der Waals surface area contributed by atoms with Crippen LogP contribution in [0.5, 0.6) is 0 Å². The van der Waals surface area contributed by atoms with Crippen LogP contribution in [0.4, 0.5) is 0 Å². The van der Waals surface area contributed by atoms with Gasteiger partial charge in [0.25, 0.3) is 0 Å². The maximum Gasteiger partial charge on any atom is 0.246 e. The summed E-state index contributed by atoms with van der Waals surface area (Å²) in [6.07, 6.45) is 3.33. The van der Waals surface area contributed by atoms with Gasteiger partial charge in [-0.2, -0.15) is 25.3 Å². The summed E-state index contributed by atoms with van der Waals surface area (Å²) in [5.74, 6) is -0.855. The second-order valence-electron chi connectivity index (χ2n) is 8.26. The van der Waals surface area contributed by atoms with E-state index in [0.717, 1.165) is 16.5 Å². The van der Waals surface area contributed by atoms with Crippen LogP contribution in [-0.4, -0.2) is 76.2 Å². The SMILES string of the molecule is CC(=O)N[C@@H](Cc1c[nH]c2ccccc12)C(=O)N[C@@H](CS)C(=O)N1CCC[C@H]1C(=O)NCCS. The second-order valence-corrected chi connectivity index (χ2v) is 9.08. The first-order valence-electron chi connectivity index (χ1n) is 11.3. The predicted molar refractivity (Wildman–Crippen MR) is 137 cm³/mol. The highest BCUT2D eigenvalue weighted by atomic mass is 32.1. The summed E-state index contributed by atoms with van der Waals surface area (Å²) in [6, 6.07) is 5.31. The third-order valence-corrected chi connectivity index (χ3v) is 6.43. The fourth-order valence-corrected chi connectivity index (χ4v) is 4.59. The molecule has 4 N–H and O–H groups in total. The molecule has 2 aromatic rings. The zero-order chi connectivity index (χ0) is 24.7. The average molecular weight is 506 g/mol. The number of aromatic nitrogens is 1. The Hall–Kier alpha value is -2.66. The van der Waals surface area contributed by atoms with E-state index in [-0.39, 0.29) is 29.9 Å². The minimum atomic E-state index is -0.923. The minimum absolute atomic E-state index is 0.0614. The highest BCUT2D eigenvalue weighted by Crippen LogP contribution is 2.21. The van der Waals surface area contributed by atoms with Crippen LogP contribution in [0.2, 0.25) is 0 Å². The predicted octanol–water partition coefficient (Wildman–Crippen LogP) is 0.667. The van der Waals surface area contributed by atoms with Crippen molar-refractivity contribution in [2.75, 3.05) is 24.6 Å². The lowest BCUT2D eigenvalue weighted by Crippen LogP contribution is -2.57. The van der Waals surface area contributed by atoms with Crippen molar-refractivity contribution in [1.29, 1.82) is 0 Å². The van der Waals surface area contributed by atoms with Gasteiger partial charge in [-0.15, -0.1) is 0 Å². The number of hydrogen-bond donors (Lipinski definition) is 6. The van der Waals surface area contributed by atoms with E-state index in [0.29, 0.717) is 31.7 Å². The Bertz CT molecular complexity index is 1040. The van der Waals surface area contributed by atoms with Crippen LogP contribution in [0.15, 0.2) is 30.5 Å². The van der Waals surface area contributed by atoms with Crippen molar-refractivity contribution in [3.05, 3.63) is 36.0 Å². The van der Waals surface area contributed by atoms with E-state index < -0.39 is 24.0 Å². The van der Waals surface area contributed by atoms with Crippen molar-refractivity contribution in [3.8, 4) is 0 Å². The van der Waals surface area contributed by atoms with E-state index in [9.17, 15) is 19.2 Å². The van der Waals surface area contributed by atoms with Crippen molar-refractivity contribution in [2.24, 2.45) is 0 Å². The Morgan fingerprint density at radius 2 is 1.91 bits per heavy atom. The van der Waals surface area contributed by atoms with Crippen LogP contribution in [0, 0.1) is 0 Å². The molecule has 0 aliphatic carbocycles. The molecule has 0 bridgehead atoms. The van der Waals surface area contributed by atoms with Gasteiger partial charge in [-0.3, -0.25) is 19.2 Å². The fraction of sp³-hybridized carbons (Fsp3) is 0.478. The van der Waals surface area contributed by atoms with Gasteiger partial charge in [0, 0.05) is 55.0 Å². The summed E-state index contributed by atoms with van der Waals surface area (Å²) >= 11 is 8.37. The summed E-state index contributed by atoms with van der Waals surface area (Å²) in [7, 11) is 0. The summed E-state index contributed by atoms with van der Waals surface area (Å²) in [6.45, 7) is 2.19. The molecule has 1 aliphatic heterocycles. The molecular formula is C23H31N5O4S2. The Morgan fingerprint density at radius 1 is 1.15 bits per heavy atom. The maximum absolute atomic E-state index is 13.2. The first-order chi connectivity index (χ1) is 16.3. The number of aromatic amines is 1. The number of amides is 4. The number of rotatable bonds is 10.